The van der Waals surface area contributed by atoms with E-state index in [1.54, 1.807) is 0 Å². The van der Waals surface area contributed by atoms with Gasteiger partial charge in [0.2, 0.25) is 0 Å². The number of urea groups is 1. The molecule has 1 fully saturated rings. The van der Waals surface area contributed by atoms with Crippen LogP contribution in [-0.4, -0.2) is 28.6 Å². The SMILES string of the molecule is O=C(N=c1sccn1-c1ccc2ccccc2c1)N1CCCC1. The summed E-state index contributed by atoms with van der Waals surface area (Å²) in [6.07, 6.45) is 4.12. The van der Waals surface area contributed by atoms with Gasteiger partial charge in [0.15, 0.2) is 4.80 Å². The normalized spacial score (nSPS) is 15.5. The minimum atomic E-state index is -0.125. The molecular formula is C18H17N3OS. The van der Waals surface area contributed by atoms with Crippen LogP contribution in [0.1, 0.15) is 12.8 Å². The second-order valence-corrected chi connectivity index (χ2v) is 6.55. The predicted molar refractivity (Wildman–Crippen MR) is 92.9 cm³/mol. The van der Waals surface area contributed by atoms with E-state index in [0.717, 1.165) is 36.4 Å². The summed E-state index contributed by atoms with van der Waals surface area (Å²) >= 11 is 1.49. The largest absolute Gasteiger partial charge is 0.346 e. The van der Waals surface area contributed by atoms with Crippen molar-refractivity contribution in [2.45, 2.75) is 12.8 Å². The lowest BCUT2D eigenvalue weighted by Gasteiger charge is -2.10. The summed E-state index contributed by atoms with van der Waals surface area (Å²) < 4.78 is 1.98. The highest BCUT2D eigenvalue weighted by Crippen LogP contribution is 2.18. The molecule has 0 bridgehead atoms. The Morgan fingerprint density at radius 2 is 1.83 bits per heavy atom. The maximum atomic E-state index is 12.3. The van der Waals surface area contributed by atoms with Gasteiger partial charge in [0, 0.05) is 30.4 Å². The highest BCUT2D eigenvalue weighted by atomic mass is 32.1. The van der Waals surface area contributed by atoms with Crippen molar-refractivity contribution in [1.29, 1.82) is 0 Å². The van der Waals surface area contributed by atoms with Crippen molar-refractivity contribution in [3.63, 3.8) is 0 Å². The molecule has 1 saturated heterocycles. The summed E-state index contributed by atoms with van der Waals surface area (Å²) in [4.78, 5) is 19.1. The molecule has 1 aromatic heterocycles. The first-order chi connectivity index (χ1) is 11.3. The van der Waals surface area contributed by atoms with Crippen LogP contribution >= 0.6 is 11.3 Å². The number of benzene rings is 2. The number of carbonyl (C=O) groups excluding carboxylic acids is 1. The fourth-order valence-electron chi connectivity index (χ4n) is 2.94. The van der Waals surface area contributed by atoms with Crippen LogP contribution in [0.4, 0.5) is 4.79 Å². The van der Waals surface area contributed by atoms with Gasteiger partial charge in [0.25, 0.3) is 0 Å². The van der Waals surface area contributed by atoms with Crippen molar-refractivity contribution in [2.75, 3.05) is 13.1 Å². The number of nitrogens with zero attached hydrogens (tertiary/aromatic N) is 3. The molecule has 0 spiro atoms. The number of amides is 2. The van der Waals surface area contributed by atoms with Crippen molar-refractivity contribution in [3.8, 4) is 5.69 Å². The summed E-state index contributed by atoms with van der Waals surface area (Å²) in [5.41, 5.74) is 1.03. The van der Waals surface area contributed by atoms with Gasteiger partial charge < -0.3 is 4.90 Å². The molecule has 0 N–H and O–H groups in total. The summed E-state index contributed by atoms with van der Waals surface area (Å²) in [6.45, 7) is 1.65. The second kappa shape index (κ2) is 6.01. The molecule has 1 aliphatic rings. The topological polar surface area (TPSA) is 37.6 Å². The van der Waals surface area contributed by atoms with E-state index in [1.165, 1.54) is 22.1 Å². The fourth-order valence-corrected chi connectivity index (χ4v) is 3.65. The van der Waals surface area contributed by atoms with Crippen molar-refractivity contribution >= 4 is 28.1 Å². The number of aromatic nitrogens is 1. The molecule has 116 valence electrons. The van der Waals surface area contributed by atoms with Crippen molar-refractivity contribution < 1.29 is 4.79 Å². The first-order valence-corrected chi connectivity index (χ1v) is 8.68. The standard InChI is InChI=1S/C18H17N3OS/c22-17(20-9-3-4-10-20)19-18-21(11-12-23-18)16-8-7-14-5-1-2-6-15(14)13-16/h1-2,5-8,11-13H,3-4,9-10H2. The Morgan fingerprint density at radius 3 is 2.65 bits per heavy atom. The zero-order valence-corrected chi connectivity index (χ0v) is 13.5. The van der Waals surface area contributed by atoms with E-state index in [2.05, 4.69) is 35.3 Å². The lowest BCUT2D eigenvalue weighted by atomic mass is 10.1. The quantitative estimate of drug-likeness (QED) is 0.671. The van der Waals surface area contributed by atoms with Gasteiger partial charge in [-0.2, -0.15) is 4.99 Å². The fraction of sp³-hybridized carbons (Fsp3) is 0.222. The van der Waals surface area contributed by atoms with E-state index in [-0.39, 0.29) is 6.03 Å². The molecule has 23 heavy (non-hydrogen) atoms. The second-order valence-electron chi connectivity index (χ2n) is 5.68. The molecule has 3 aromatic rings. The maximum Gasteiger partial charge on any atom is 0.346 e. The monoisotopic (exact) mass is 323 g/mol. The first kappa shape index (κ1) is 14.2. The van der Waals surface area contributed by atoms with Crippen LogP contribution in [0.25, 0.3) is 16.5 Å². The van der Waals surface area contributed by atoms with Gasteiger partial charge >= 0.3 is 6.03 Å². The lowest BCUT2D eigenvalue weighted by molar-refractivity contribution is 0.218. The summed E-state index contributed by atoms with van der Waals surface area (Å²) in [7, 11) is 0. The number of fused-ring (bicyclic) bond motifs is 1. The summed E-state index contributed by atoms with van der Waals surface area (Å²) in [6, 6.07) is 14.4. The van der Waals surface area contributed by atoms with Crippen LogP contribution in [0.3, 0.4) is 0 Å². The average molecular weight is 323 g/mol. The van der Waals surface area contributed by atoms with E-state index in [4.69, 9.17) is 0 Å². The van der Waals surface area contributed by atoms with Gasteiger partial charge in [-0.05, 0) is 35.7 Å². The molecule has 4 nitrogen and oxygen atoms in total. The molecule has 0 radical (unpaired) electrons. The highest BCUT2D eigenvalue weighted by Gasteiger charge is 2.17. The zero-order chi connectivity index (χ0) is 15.6. The van der Waals surface area contributed by atoms with E-state index in [9.17, 15) is 4.79 Å². The van der Waals surface area contributed by atoms with Gasteiger partial charge in [-0.25, -0.2) is 4.79 Å². The van der Waals surface area contributed by atoms with Gasteiger partial charge in [-0.1, -0.05) is 30.3 Å². The minimum Gasteiger partial charge on any atom is -0.323 e. The van der Waals surface area contributed by atoms with E-state index >= 15 is 0 Å². The number of carbonyl (C=O) groups is 1. The third-order valence-electron chi connectivity index (χ3n) is 4.17. The summed E-state index contributed by atoms with van der Waals surface area (Å²) in [5, 5.41) is 4.35. The molecule has 1 aliphatic heterocycles. The number of rotatable bonds is 1. The Morgan fingerprint density at radius 1 is 1.04 bits per heavy atom. The Labute approximate surface area is 138 Å². The van der Waals surface area contributed by atoms with Crippen LogP contribution in [-0.2, 0) is 0 Å². The Bertz CT molecular complexity index is 919. The van der Waals surface area contributed by atoms with Crippen LogP contribution in [0.5, 0.6) is 0 Å². The zero-order valence-electron chi connectivity index (χ0n) is 12.7. The molecular weight excluding hydrogens is 306 g/mol. The molecule has 0 atom stereocenters. The van der Waals surface area contributed by atoms with Crippen LogP contribution in [0.15, 0.2) is 59.0 Å². The number of hydrogen-bond acceptors (Lipinski definition) is 2. The Balaban J connectivity index is 1.74. The first-order valence-electron chi connectivity index (χ1n) is 7.80. The van der Waals surface area contributed by atoms with Crippen molar-refractivity contribution in [1.82, 2.24) is 9.47 Å². The van der Waals surface area contributed by atoms with E-state index in [0.29, 0.717) is 0 Å². The lowest BCUT2D eigenvalue weighted by Crippen LogP contribution is -2.27. The highest BCUT2D eigenvalue weighted by molar-refractivity contribution is 7.07. The van der Waals surface area contributed by atoms with Gasteiger partial charge in [0.1, 0.15) is 0 Å². The molecule has 0 saturated carbocycles. The number of thiazole rings is 1. The molecule has 4 rings (SSSR count). The Hall–Kier alpha value is -2.40. The smallest absolute Gasteiger partial charge is 0.323 e. The Kier molecular flexibility index (Phi) is 3.71. The average Bonchev–Trinajstić information content (AvgIpc) is 3.26. The van der Waals surface area contributed by atoms with Crippen molar-refractivity contribution in [2.24, 2.45) is 4.99 Å². The third-order valence-corrected chi connectivity index (χ3v) is 4.93. The van der Waals surface area contributed by atoms with Gasteiger partial charge in [-0.15, -0.1) is 11.3 Å². The van der Waals surface area contributed by atoms with Gasteiger partial charge in [-0.3, -0.25) is 4.57 Å². The van der Waals surface area contributed by atoms with Crippen LogP contribution in [0, 0.1) is 0 Å². The third kappa shape index (κ3) is 2.80. The van der Waals surface area contributed by atoms with E-state index in [1.807, 2.05) is 33.2 Å². The van der Waals surface area contributed by atoms with Crippen molar-refractivity contribution in [3.05, 3.63) is 58.8 Å². The minimum absolute atomic E-state index is 0.125. The van der Waals surface area contributed by atoms with E-state index < -0.39 is 0 Å². The molecule has 5 heteroatoms. The molecule has 2 amide bonds. The predicted octanol–water partition coefficient (Wildman–Crippen LogP) is 3.81. The van der Waals surface area contributed by atoms with Gasteiger partial charge in [0.05, 0.1) is 0 Å². The van der Waals surface area contributed by atoms with Crippen LogP contribution < -0.4 is 4.80 Å². The summed E-state index contributed by atoms with van der Waals surface area (Å²) in [5.74, 6) is 0. The number of likely N-dealkylation sites (tertiary alicyclic amines) is 1. The molecule has 0 aliphatic carbocycles. The number of hydrogen-bond donors (Lipinski definition) is 0. The molecule has 2 aromatic carbocycles. The molecule has 0 unspecified atom stereocenters. The van der Waals surface area contributed by atoms with Crippen LogP contribution in [0.2, 0.25) is 0 Å². The molecule has 2 heterocycles. The maximum absolute atomic E-state index is 12.3.